The summed E-state index contributed by atoms with van der Waals surface area (Å²) in [5, 5.41) is 0. The molecule has 18 heavy (non-hydrogen) atoms. The molecule has 92 valence electrons. The van der Waals surface area contributed by atoms with Gasteiger partial charge in [-0.05, 0) is 54.8 Å². The Bertz CT molecular complexity index is 535. The van der Waals surface area contributed by atoms with Crippen LogP contribution in [-0.2, 0) is 0 Å². The predicted molar refractivity (Wildman–Crippen MR) is 69.6 cm³/mol. The monoisotopic (exact) mass is 262 g/mol. The van der Waals surface area contributed by atoms with Crippen molar-refractivity contribution >= 4 is 17.7 Å². The number of carbonyl (C=O) groups is 1. The van der Waals surface area contributed by atoms with E-state index in [1.165, 1.54) is 24.3 Å². The zero-order chi connectivity index (χ0) is 13.0. The van der Waals surface area contributed by atoms with E-state index >= 15 is 0 Å². The quantitative estimate of drug-likeness (QED) is 0.478. The molecule has 0 saturated carbocycles. The fraction of sp³-hybridized carbons (Fsp3) is 0.0714. The first-order valence-electron chi connectivity index (χ1n) is 5.31. The van der Waals surface area contributed by atoms with Crippen LogP contribution in [0.15, 0.2) is 53.4 Å². The summed E-state index contributed by atoms with van der Waals surface area (Å²) in [7, 11) is 0. The predicted octanol–water partition coefficient (Wildman–Crippen LogP) is 3.77. The van der Waals surface area contributed by atoms with Gasteiger partial charge in [0, 0.05) is 4.90 Å². The molecule has 2 aromatic carbocycles. The van der Waals surface area contributed by atoms with E-state index in [0.29, 0.717) is 11.3 Å². The van der Waals surface area contributed by atoms with Crippen molar-refractivity contribution in [1.82, 2.24) is 0 Å². The van der Waals surface area contributed by atoms with E-state index in [1.807, 2.05) is 18.4 Å². The van der Waals surface area contributed by atoms with Gasteiger partial charge in [-0.25, -0.2) is 9.18 Å². The highest BCUT2D eigenvalue weighted by molar-refractivity contribution is 7.98. The van der Waals surface area contributed by atoms with Gasteiger partial charge >= 0.3 is 5.97 Å². The first-order valence-corrected chi connectivity index (χ1v) is 6.53. The number of esters is 1. The van der Waals surface area contributed by atoms with Crippen LogP contribution < -0.4 is 4.74 Å². The van der Waals surface area contributed by atoms with Crippen LogP contribution in [0.2, 0.25) is 0 Å². The third-order valence-electron chi connectivity index (χ3n) is 2.35. The standard InChI is InChI=1S/C14H11FO2S/c1-18-13-8-6-12(7-9-13)17-14(16)10-2-4-11(15)5-3-10/h2-9H,1H3. The number of thioether (sulfide) groups is 1. The summed E-state index contributed by atoms with van der Waals surface area (Å²) in [6.45, 7) is 0. The lowest BCUT2D eigenvalue weighted by Crippen LogP contribution is -2.08. The van der Waals surface area contributed by atoms with Crippen LogP contribution in [0.4, 0.5) is 4.39 Å². The fourth-order valence-corrected chi connectivity index (χ4v) is 1.80. The second-order valence-corrected chi connectivity index (χ2v) is 4.45. The molecule has 0 atom stereocenters. The smallest absolute Gasteiger partial charge is 0.343 e. The summed E-state index contributed by atoms with van der Waals surface area (Å²) in [5.41, 5.74) is 0.324. The van der Waals surface area contributed by atoms with Crippen LogP contribution in [0.3, 0.4) is 0 Å². The van der Waals surface area contributed by atoms with Crippen molar-refractivity contribution < 1.29 is 13.9 Å². The van der Waals surface area contributed by atoms with Gasteiger partial charge in [0.05, 0.1) is 5.56 Å². The average molecular weight is 262 g/mol. The molecular weight excluding hydrogens is 251 g/mol. The minimum Gasteiger partial charge on any atom is -0.423 e. The molecule has 0 aliphatic heterocycles. The van der Waals surface area contributed by atoms with Crippen molar-refractivity contribution in [3.05, 3.63) is 59.9 Å². The Kier molecular flexibility index (Phi) is 3.99. The Morgan fingerprint density at radius 1 is 1.06 bits per heavy atom. The van der Waals surface area contributed by atoms with Gasteiger partial charge in [-0.3, -0.25) is 0 Å². The molecule has 0 aliphatic carbocycles. The van der Waals surface area contributed by atoms with Gasteiger partial charge in [0.15, 0.2) is 0 Å². The number of benzene rings is 2. The molecule has 4 heteroatoms. The maximum Gasteiger partial charge on any atom is 0.343 e. The molecule has 0 radical (unpaired) electrons. The number of halogens is 1. The normalized spacial score (nSPS) is 10.1. The molecule has 2 rings (SSSR count). The summed E-state index contributed by atoms with van der Waals surface area (Å²) in [4.78, 5) is 12.8. The lowest BCUT2D eigenvalue weighted by Gasteiger charge is -2.04. The SMILES string of the molecule is CSc1ccc(OC(=O)c2ccc(F)cc2)cc1. The number of hydrogen-bond donors (Lipinski definition) is 0. The number of ether oxygens (including phenoxy) is 1. The molecule has 0 fully saturated rings. The van der Waals surface area contributed by atoms with Crippen LogP contribution in [0, 0.1) is 5.82 Å². The van der Waals surface area contributed by atoms with E-state index in [4.69, 9.17) is 4.74 Å². The minimum absolute atomic E-state index is 0.324. The highest BCUT2D eigenvalue weighted by Crippen LogP contribution is 2.19. The second kappa shape index (κ2) is 5.69. The van der Waals surface area contributed by atoms with Crippen molar-refractivity contribution in [2.24, 2.45) is 0 Å². The largest absolute Gasteiger partial charge is 0.423 e. The van der Waals surface area contributed by atoms with Gasteiger partial charge in [-0.1, -0.05) is 0 Å². The number of rotatable bonds is 3. The van der Waals surface area contributed by atoms with Gasteiger partial charge < -0.3 is 4.74 Å². The fourth-order valence-electron chi connectivity index (χ4n) is 1.40. The second-order valence-electron chi connectivity index (χ2n) is 3.57. The highest BCUT2D eigenvalue weighted by Gasteiger charge is 2.08. The molecular formula is C14H11FO2S. The first-order chi connectivity index (χ1) is 8.69. The Morgan fingerprint density at radius 2 is 1.67 bits per heavy atom. The Balaban J connectivity index is 2.08. The van der Waals surface area contributed by atoms with Gasteiger partial charge in [-0.15, -0.1) is 11.8 Å². The van der Waals surface area contributed by atoms with E-state index in [9.17, 15) is 9.18 Å². The molecule has 0 heterocycles. The summed E-state index contributed by atoms with van der Waals surface area (Å²) in [6.07, 6.45) is 1.97. The van der Waals surface area contributed by atoms with Crippen LogP contribution in [0.1, 0.15) is 10.4 Å². The molecule has 2 nitrogen and oxygen atoms in total. The zero-order valence-electron chi connectivity index (χ0n) is 9.72. The molecule has 2 aromatic rings. The van der Waals surface area contributed by atoms with Gasteiger partial charge in [0.25, 0.3) is 0 Å². The van der Waals surface area contributed by atoms with Crippen molar-refractivity contribution in [3.63, 3.8) is 0 Å². The van der Waals surface area contributed by atoms with Gasteiger partial charge in [0.1, 0.15) is 11.6 Å². The molecule has 0 amide bonds. The topological polar surface area (TPSA) is 26.3 Å². The third kappa shape index (κ3) is 3.11. The zero-order valence-corrected chi connectivity index (χ0v) is 10.5. The van der Waals surface area contributed by atoms with Crippen LogP contribution in [0.5, 0.6) is 5.75 Å². The van der Waals surface area contributed by atoms with E-state index in [2.05, 4.69) is 0 Å². The average Bonchev–Trinajstić information content (AvgIpc) is 2.40. The van der Waals surface area contributed by atoms with Crippen molar-refractivity contribution in [3.8, 4) is 5.75 Å². The summed E-state index contributed by atoms with van der Waals surface area (Å²) >= 11 is 1.61. The Labute approximate surface area is 109 Å². The van der Waals surface area contributed by atoms with E-state index in [0.717, 1.165) is 4.90 Å². The molecule has 0 saturated heterocycles. The van der Waals surface area contributed by atoms with Crippen LogP contribution in [0.25, 0.3) is 0 Å². The molecule has 0 spiro atoms. The van der Waals surface area contributed by atoms with Crippen molar-refractivity contribution in [2.75, 3.05) is 6.26 Å². The van der Waals surface area contributed by atoms with E-state index in [-0.39, 0.29) is 5.82 Å². The Morgan fingerprint density at radius 3 is 2.22 bits per heavy atom. The maximum atomic E-state index is 12.7. The molecule has 0 N–H and O–H groups in total. The highest BCUT2D eigenvalue weighted by atomic mass is 32.2. The summed E-state index contributed by atoms with van der Waals surface area (Å²) in [5.74, 6) is -0.398. The maximum absolute atomic E-state index is 12.7. The van der Waals surface area contributed by atoms with E-state index < -0.39 is 5.97 Å². The van der Waals surface area contributed by atoms with Gasteiger partial charge in [-0.2, -0.15) is 0 Å². The van der Waals surface area contributed by atoms with Crippen LogP contribution >= 0.6 is 11.8 Å². The third-order valence-corrected chi connectivity index (χ3v) is 3.09. The summed E-state index contributed by atoms with van der Waals surface area (Å²) in [6, 6.07) is 12.5. The Hall–Kier alpha value is -1.81. The minimum atomic E-state index is -0.494. The molecule has 0 aromatic heterocycles. The summed E-state index contributed by atoms with van der Waals surface area (Å²) < 4.78 is 17.9. The lowest BCUT2D eigenvalue weighted by molar-refractivity contribution is 0.0734. The molecule has 0 bridgehead atoms. The van der Waals surface area contributed by atoms with Crippen molar-refractivity contribution in [2.45, 2.75) is 4.90 Å². The molecule has 0 unspecified atom stereocenters. The lowest BCUT2D eigenvalue weighted by atomic mass is 10.2. The number of hydrogen-bond acceptors (Lipinski definition) is 3. The van der Waals surface area contributed by atoms with Gasteiger partial charge in [0.2, 0.25) is 0 Å². The first kappa shape index (κ1) is 12.6. The van der Waals surface area contributed by atoms with Crippen LogP contribution in [-0.4, -0.2) is 12.2 Å². The number of carbonyl (C=O) groups excluding carboxylic acids is 1. The van der Waals surface area contributed by atoms with Crippen molar-refractivity contribution in [1.29, 1.82) is 0 Å². The van der Waals surface area contributed by atoms with E-state index in [1.54, 1.807) is 23.9 Å². The molecule has 0 aliphatic rings.